The van der Waals surface area contributed by atoms with Gasteiger partial charge in [0.15, 0.2) is 6.61 Å². The minimum Gasteiger partial charge on any atom is -0.482 e. The zero-order valence-electron chi connectivity index (χ0n) is 14.1. The van der Waals surface area contributed by atoms with Crippen molar-refractivity contribution < 1.29 is 14.3 Å². The van der Waals surface area contributed by atoms with E-state index < -0.39 is 0 Å². The highest BCUT2D eigenvalue weighted by atomic mass is 35.5. The van der Waals surface area contributed by atoms with Crippen molar-refractivity contribution in [1.29, 1.82) is 0 Å². The molecule has 1 aliphatic rings. The van der Waals surface area contributed by atoms with E-state index in [1.165, 1.54) is 0 Å². The maximum absolute atomic E-state index is 12.1. The summed E-state index contributed by atoms with van der Waals surface area (Å²) in [5.74, 6) is 0.244. The Morgan fingerprint density at radius 3 is 2.79 bits per heavy atom. The number of anilines is 2. The second-order valence-electron chi connectivity index (χ2n) is 5.57. The standard InChI is InChI=1S/C16H23ClN4O3/c1-4-21(5-2)10(3)8-18-16(23)20-12-7-14-13(6-11(12)17)19-15(22)9-24-14/h6-7,10H,4-5,8-9H2,1-3H3,(H,19,22)(H2,18,20,23)/t10-/m0/s1. The summed E-state index contributed by atoms with van der Waals surface area (Å²) in [4.78, 5) is 25.6. The zero-order chi connectivity index (χ0) is 17.7. The van der Waals surface area contributed by atoms with Crippen molar-refractivity contribution in [3.63, 3.8) is 0 Å². The summed E-state index contributed by atoms with van der Waals surface area (Å²) in [6.45, 7) is 8.58. The first-order valence-electron chi connectivity index (χ1n) is 7.99. The lowest BCUT2D eigenvalue weighted by molar-refractivity contribution is -0.118. The Balaban J connectivity index is 1.96. The molecule has 8 heteroatoms. The van der Waals surface area contributed by atoms with E-state index >= 15 is 0 Å². The van der Waals surface area contributed by atoms with Gasteiger partial charge in [-0.1, -0.05) is 25.4 Å². The number of hydrogen-bond donors (Lipinski definition) is 3. The highest BCUT2D eigenvalue weighted by Gasteiger charge is 2.19. The molecule has 24 heavy (non-hydrogen) atoms. The number of rotatable bonds is 6. The molecule has 1 heterocycles. The number of nitrogens with zero attached hydrogens (tertiary/aromatic N) is 1. The third kappa shape index (κ3) is 4.52. The fraction of sp³-hybridized carbons (Fsp3) is 0.500. The Bertz CT molecular complexity index is 620. The molecule has 0 saturated heterocycles. The molecule has 1 atom stereocenters. The molecule has 0 fully saturated rings. The van der Waals surface area contributed by atoms with Crippen LogP contribution in [0.3, 0.4) is 0 Å². The van der Waals surface area contributed by atoms with Crippen LogP contribution in [0.15, 0.2) is 12.1 Å². The van der Waals surface area contributed by atoms with Crippen molar-refractivity contribution in [2.75, 3.05) is 36.9 Å². The molecule has 0 radical (unpaired) electrons. The lowest BCUT2D eigenvalue weighted by atomic mass is 10.2. The zero-order valence-corrected chi connectivity index (χ0v) is 14.9. The van der Waals surface area contributed by atoms with Crippen molar-refractivity contribution in [3.8, 4) is 5.75 Å². The Morgan fingerprint density at radius 1 is 1.42 bits per heavy atom. The van der Waals surface area contributed by atoms with Crippen LogP contribution in [0.2, 0.25) is 5.02 Å². The number of carbonyl (C=O) groups is 2. The Morgan fingerprint density at radius 2 is 2.12 bits per heavy atom. The van der Waals surface area contributed by atoms with Gasteiger partial charge in [0.05, 0.1) is 16.4 Å². The van der Waals surface area contributed by atoms with Gasteiger partial charge in [0.1, 0.15) is 5.75 Å². The molecule has 7 nitrogen and oxygen atoms in total. The molecule has 1 aliphatic heterocycles. The molecular formula is C16H23ClN4O3. The quantitative estimate of drug-likeness (QED) is 0.733. The first kappa shape index (κ1) is 18.4. The predicted molar refractivity (Wildman–Crippen MR) is 95.0 cm³/mol. The highest BCUT2D eigenvalue weighted by molar-refractivity contribution is 6.34. The molecule has 1 aromatic carbocycles. The van der Waals surface area contributed by atoms with E-state index in [9.17, 15) is 9.59 Å². The first-order chi connectivity index (χ1) is 11.4. The van der Waals surface area contributed by atoms with E-state index in [-0.39, 0.29) is 24.6 Å². The molecule has 0 aromatic heterocycles. The molecule has 3 amide bonds. The Kier molecular flexibility index (Phi) is 6.28. The number of carbonyl (C=O) groups excluding carboxylic acids is 2. The molecule has 2 rings (SSSR count). The molecular weight excluding hydrogens is 332 g/mol. The number of likely N-dealkylation sites (N-methyl/N-ethyl adjacent to an activating group) is 1. The lowest BCUT2D eigenvalue weighted by Crippen LogP contribution is -2.43. The van der Waals surface area contributed by atoms with E-state index in [1.807, 2.05) is 0 Å². The molecule has 3 N–H and O–H groups in total. The van der Waals surface area contributed by atoms with Crippen molar-refractivity contribution in [1.82, 2.24) is 10.2 Å². The average Bonchev–Trinajstić information content (AvgIpc) is 2.55. The molecule has 0 spiro atoms. The molecule has 0 aliphatic carbocycles. The predicted octanol–water partition coefficient (Wildman–Crippen LogP) is 2.52. The number of urea groups is 1. The van der Waals surface area contributed by atoms with Crippen LogP contribution < -0.4 is 20.7 Å². The van der Waals surface area contributed by atoms with E-state index in [4.69, 9.17) is 16.3 Å². The summed E-state index contributed by atoms with van der Waals surface area (Å²) in [5, 5.41) is 8.53. The highest BCUT2D eigenvalue weighted by Crippen LogP contribution is 2.36. The molecule has 132 valence electrons. The van der Waals surface area contributed by atoms with E-state index in [2.05, 4.69) is 41.6 Å². The van der Waals surface area contributed by atoms with Crippen LogP contribution >= 0.6 is 11.6 Å². The number of benzene rings is 1. The van der Waals surface area contributed by atoms with Crippen LogP contribution in [-0.2, 0) is 4.79 Å². The normalized spacial score (nSPS) is 14.5. The van der Waals surface area contributed by atoms with Crippen molar-refractivity contribution in [3.05, 3.63) is 17.2 Å². The van der Waals surface area contributed by atoms with E-state index in [0.717, 1.165) is 13.1 Å². The van der Waals surface area contributed by atoms with Gasteiger partial charge in [-0.15, -0.1) is 0 Å². The van der Waals surface area contributed by atoms with Gasteiger partial charge in [-0.25, -0.2) is 4.79 Å². The van der Waals surface area contributed by atoms with Crippen LogP contribution in [-0.4, -0.2) is 49.1 Å². The summed E-state index contributed by atoms with van der Waals surface area (Å²) in [5.41, 5.74) is 0.928. The molecule has 0 saturated carbocycles. The van der Waals surface area contributed by atoms with E-state index in [1.54, 1.807) is 12.1 Å². The van der Waals surface area contributed by atoms with Crippen molar-refractivity contribution in [2.24, 2.45) is 0 Å². The summed E-state index contributed by atoms with van der Waals surface area (Å²) in [7, 11) is 0. The summed E-state index contributed by atoms with van der Waals surface area (Å²) in [6, 6.07) is 3.06. The summed E-state index contributed by atoms with van der Waals surface area (Å²) in [6.07, 6.45) is 0. The number of ether oxygens (including phenoxy) is 1. The number of hydrogen-bond acceptors (Lipinski definition) is 4. The van der Waals surface area contributed by atoms with Gasteiger partial charge >= 0.3 is 6.03 Å². The molecule has 0 unspecified atom stereocenters. The van der Waals surface area contributed by atoms with Crippen LogP contribution in [0.1, 0.15) is 20.8 Å². The SMILES string of the molecule is CCN(CC)[C@@H](C)CNC(=O)Nc1cc2c(cc1Cl)NC(=O)CO2. The van der Waals surface area contributed by atoms with Crippen LogP contribution in [0, 0.1) is 0 Å². The first-order valence-corrected chi connectivity index (χ1v) is 8.37. The number of nitrogens with one attached hydrogen (secondary N) is 3. The fourth-order valence-electron chi connectivity index (χ4n) is 2.58. The average molecular weight is 355 g/mol. The topological polar surface area (TPSA) is 82.7 Å². The Labute approximate surface area is 146 Å². The van der Waals surface area contributed by atoms with Crippen LogP contribution in [0.5, 0.6) is 5.75 Å². The number of amides is 3. The third-order valence-corrected chi connectivity index (χ3v) is 4.26. The second kappa shape index (κ2) is 8.21. The molecule has 1 aromatic rings. The van der Waals surface area contributed by atoms with Crippen LogP contribution in [0.25, 0.3) is 0 Å². The summed E-state index contributed by atoms with van der Waals surface area (Å²) >= 11 is 6.15. The third-order valence-electron chi connectivity index (χ3n) is 3.94. The van der Waals surface area contributed by atoms with Gasteiger partial charge in [-0.3, -0.25) is 9.69 Å². The number of halogens is 1. The number of fused-ring (bicyclic) bond motifs is 1. The van der Waals surface area contributed by atoms with Gasteiger partial charge in [0.25, 0.3) is 5.91 Å². The van der Waals surface area contributed by atoms with Gasteiger partial charge in [0.2, 0.25) is 0 Å². The van der Waals surface area contributed by atoms with Crippen molar-refractivity contribution >= 4 is 34.9 Å². The minimum atomic E-state index is -0.337. The maximum atomic E-state index is 12.1. The molecule has 0 bridgehead atoms. The summed E-state index contributed by atoms with van der Waals surface area (Å²) < 4.78 is 5.32. The van der Waals surface area contributed by atoms with Gasteiger partial charge in [-0.2, -0.15) is 0 Å². The van der Waals surface area contributed by atoms with Crippen LogP contribution in [0.4, 0.5) is 16.2 Å². The van der Waals surface area contributed by atoms with Gasteiger partial charge < -0.3 is 20.7 Å². The van der Waals surface area contributed by atoms with Gasteiger partial charge in [-0.05, 0) is 26.1 Å². The van der Waals surface area contributed by atoms with E-state index in [0.29, 0.717) is 28.7 Å². The van der Waals surface area contributed by atoms with Gasteiger partial charge in [0, 0.05) is 18.7 Å². The minimum absolute atomic E-state index is 0.0539. The smallest absolute Gasteiger partial charge is 0.319 e. The largest absolute Gasteiger partial charge is 0.482 e. The fourth-order valence-corrected chi connectivity index (χ4v) is 2.79. The Hall–Kier alpha value is -1.99. The lowest BCUT2D eigenvalue weighted by Gasteiger charge is -2.26. The maximum Gasteiger partial charge on any atom is 0.319 e. The second-order valence-corrected chi connectivity index (χ2v) is 5.98. The monoisotopic (exact) mass is 354 g/mol. The van der Waals surface area contributed by atoms with Crippen molar-refractivity contribution in [2.45, 2.75) is 26.8 Å².